The van der Waals surface area contributed by atoms with Crippen LogP contribution in [0, 0.1) is 18.6 Å². The van der Waals surface area contributed by atoms with Crippen LogP contribution in [0.1, 0.15) is 15.4 Å². The Labute approximate surface area is 145 Å². The summed E-state index contributed by atoms with van der Waals surface area (Å²) in [6, 6.07) is 9.84. The summed E-state index contributed by atoms with van der Waals surface area (Å²) in [5.41, 5.74) is 1.68. The van der Waals surface area contributed by atoms with E-state index in [1.807, 2.05) is 0 Å². The van der Waals surface area contributed by atoms with Crippen molar-refractivity contribution >= 4 is 34.5 Å². The minimum absolute atomic E-state index is 0.0687. The van der Waals surface area contributed by atoms with Gasteiger partial charge in [0.15, 0.2) is 0 Å². The lowest BCUT2D eigenvalue weighted by Gasteiger charge is -2.04. The van der Waals surface area contributed by atoms with Gasteiger partial charge in [0.2, 0.25) is 0 Å². The molecule has 0 spiro atoms. The second kappa shape index (κ2) is 6.67. The topological polar surface area (TPSA) is 42.0 Å². The maximum Gasteiger partial charge on any atom is 0.267 e. The number of nitrogens with one attached hydrogen (secondary N) is 1. The van der Waals surface area contributed by atoms with Crippen LogP contribution in [0.5, 0.6) is 0 Å². The Morgan fingerprint density at radius 1 is 1.17 bits per heavy atom. The summed E-state index contributed by atoms with van der Waals surface area (Å²) in [6.45, 7) is 1.72. The highest BCUT2D eigenvalue weighted by atomic mass is 35.5. The Morgan fingerprint density at radius 3 is 2.54 bits per heavy atom. The zero-order valence-corrected chi connectivity index (χ0v) is 14.0. The van der Waals surface area contributed by atoms with Crippen molar-refractivity contribution in [3.05, 3.63) is 69.7 Å². The van der Waals surface area contributed by atoms with Crippen molar-refractivity contribution in [3.63, 3.8) is 0 Å². The molecule has 0 atom stereocenters. The lowest BCUT2D eigenvalue weighted by molar-refractivity contribution is 0.103. The number of hydrogen-bond acceptors (Lipinski definition) is 3. The number of aryl methyl sites for hydroxylation is 1. The Balaban J connectivity index is 1.85. The summed E-state index contributed by atoms with van der Waals surface area (Å²) in [5, 5.41) is 3.21. The predicted octanol–water partition coefficient (Wildman–Crippen LogP) is 5.30. The van der Waals surface area contributed by atoms with E-state index in [4.69, 9.17) is 11.6 Å². The molecule has 1 amide bonds. The number of carbonyl (C=O) groups excluding carboxylic acids is 1. The quantitative estimate of drug-likeness (QED) is 0.685. The van der Waals surface area contributed by atoms with Crippen molar-refractivity contribution in [2.75, 3.05) is 5.32 Å². The first-order valence-corrected chi connectivity index (χ1v) is 8.13. The number of amides is 1. The van der Waals surface area contributed by atoms with Gasteiger partial charge in [-0.05, 0) is 49.4 Å². The van der Waals surface area contributed by atoms with E-state index in [-0.39, 0.29) is 16.7 Å². The molecule has 0 bridgehead atoms. The number of anilines is 1. The summed E-state index contributed by atoms with van der Waals surface area (Å²) < 4.78 is 26.2. The predicted molar refractivity (Wildman–Crippen MR) is 91.6 cm³/mol. The number of rotatable bonds is 3. The van der Waals surface area contributed by atoms with Gasteiger partial charge in [0.05, 0.1) is 10.7 Å². The van der Waals surface area contributed by atoms with Gasteiger partial charge in [-0.2, -0.15) is 0 Å². The molecular formula is C17H11ClF2N2OS. The lowest BCUT2D eigenvalue weighted by atomic mass is 10.2. The van der Waals surface area contributed by atoms with Crippen LogP contribution < -0.4 is 5.32 Å². The zero-order valence-electron chi connectivity index (χ0n) is 12.4. The molecule has 0 unspecified atom stereocenters. The molecule has 0 aliphatic heterocycles. The summed E-state index contributed by atoms with van der Waals surface area (Å²) in [7, 11) is 0. The number of thiazole rings is 1. The molecule has 1 aromatic heterocycles. The fraction of sp³-hybridized carbons (Fsp3) is 0.0588. The lowest BCUT2D eigenvalue weighted by Crippen LogP contribution is -2.11. The van der Waals surface area contributed by atoms with E-state index in [2.05, 4.69) is 10.3 Å². The van der Waals surface area contributed by atoms with Gasteiger partial charge in [-0.3, -0.25) is 4.79 Å². The van der Waals surface area contributed by atoms with Crippen LogP contribution in [0.4, 0.5) is 14.5 Å². The van der Waals surface area contributed by atoms with Crippen molar-refractivity contribution < 1.29 is 13.6 Å². The first-order valence-electron chi connectivity index (χ1n) is 6.94. The van der Waals surface area contributed by atoms with Gasteiger partial charge in [-0.1, -0.05) is 11.6 Å². The van der Waals surface area contributed by atoms with Gasteiger partial charge < -0.3 is 5.32 Å². The Kier molecular flexibility index (Phi) is 4.59. The third-order valence-corrected chi connectivity index (χ3v) is 4.77. The normalized spacial score (nSPS) is 10.7. The second-order valence-corrected chi connectivity index (χ2v) is 6.43. The molecule has 0 aliphatic rings. The average molecular weight is 365 g/mol. The maximum atomic E-state index is 13.2. The fourth-order valence-electron chi connectivity index (χ4n) is 2.08. The first-order chi connectivity index (χ1) is 11.4. The molecule has 0 aliphatic carbocycles. The molecule has 2 aromatic carbocycles. The van der Waals surface area contributed by atoms with E-state index >= 15 is 0 Å². The highest BCUT2D eigenvalue weighted by molar-refractivity contribution is 7.17. The summed E-state index contributed by atoms with van der Waals surface area (Å²) >= 11 is 6.91. The molecule has 3 aromatic rings. The van der Waals surface area contributed by atoms with Crippen LogP contribution in [-0.4, -0.2) is 10.9 Å². The Morgan fingerprint density at radius 2 is 1.88 bits per heavy atom. The molecule has 7 heteroatoms. The SMILES string of the molecule is Cc1nc(-c2ccc(F)cc2)sc1C(=O)Nc1ccc(F)c(Cl)c1. The van der Waals surface area contributed by atoms with Crippen molar-refractivity contribution in [1.29, 1.82) is 0 Å². The van der Waals surface area contributed by atoms with E-state index in [1.165, 1.54) is 41.7 Å². The van der Waals surface area contributed by atoms with Crippen molar-refractivity contribution in [2.24, 2.45) is 0 Å². The summed E-state index contributed by atoms with van der Waals surface area (Å²) in [5.74, 6) is -1.25. The molecular weight excluding hydrogens is 354 g/mol. The van der Waals surface area contributed by atoms with Gasteiger partial charge >= 0.3 is 0 Å². The number of aromatic nitrogens is 1. The zero-order chi connectivity index (χ0) is 17.3. The van der Waals surface area contributed by atoms with Gasteiger partial charge in [0.25, 0.3) is 5.91 Å². The molecule has 0 saturated heterocycles. The first kappa shape index (κ1) is 16.5. The Bertz CT molecular complexity index is 909. The molecule has 1 heterocycles. The maximum absolute atomic E-state index is 13.2. The van der Waals surface area contributed by atoms with Gasteiger partial charge in [0, 0.05) is 11.3 Å². The molecule has 0 fully saturated rings. The summed E-state index contributed by atoms with van der Waals surface area (Å²) in [6.07, 6.45) is 0. The van der Waals surface area contributed by atoms with Crippen LogP contribution in [0.2, 0.25) is 5.02 Å². The minimum Gasteiger partial charge on any atom is -0.321 e. The van der Waals surface area contributed by atoms with Crippen LogP contribution in [0.3, 0.4) is 0 Å². The second-order valence-electron chi connectivity index (χ2n) is 5.02. The Hall–Kier alpha value is -2.31. The molecule has 1 N–H and O–H groups in total. The van der Waals surface area contributed by atoms with Gasteiger partial charge in [-0.15, -0.1) is 11.3 Å². The number of carbonyl (C=O) groups is 1. The number of benzene rings is 2. The van der Waals surface area contributed by atoms with Crippen molar-refractivity contribution in [2.45, 2.75) is 6.92 Å². The van der Waals surface area contributed by atoms with Crippen molar-refractivity contribution in [1.82, 2.24) is 4.98 Å². The third kappa shape index (κ3) is 3.44. The highest BCUT2D eigenvalue weighted by Crippen LogP contribution is 2.29. The third-order valence-electron chi connectivity index (χ3n) is 3.27. The molecule has 122 valence electrons. The monoisotopic (exact) mass is 364 g/mol. The average Bonchev–Trinajstić information content (AvgIpc) is 2.93. The number of hydrogen-bond donors (Lipinski definition) is 1. The molecule has 0 radical (unpaired) electrons. The molecule has 3 rings (SSSR count). The highest BCUT2D eigenvalue weighted by Gasteiger charge is 2.17. The molecule has 3 nitrogen and oxygen atoms in total. The van der Waals surface area contributed by atoms with Crippen LogP contribution >= 0.6 is 22.9 Å². The summed E-state index contributed by atoms with van der Waals surface area (Å²) in [4.78, 5) is 17.2. The van der Waals surface area contributed by atoms with E-state index in [0.29, 0.717) is 21.3 Å². The van der Waals surface area contributed by atoms with Gasteiger partial charge in [0.1, 0.15) is 21.5 Å². The van der Waals surface area contributed by atoms with E-state index < -0.39 is 5.82 Å². The molecule has 24 heavy (non-hydrogen) atoms. The van der Waals surface area contributed by atoms with Crippen molar-refractivity contribution in [3.8, 4) is 10.6 Å². The van der Waals surface area contributed by atoms with E-state index in [0.717, 1.165) is 5.56 Å². The van der Waals surface area contributed by atoms with Crippen LogP contribution in [-0.2, 0) is 0 Å². The van der Waals surface area contributed by atoms with Crippen LogP contribution in [0.25, 0.3) is 10.6 Å². The standard InChI is InChI=1S/C17H11ClF2N2OS/c1-9-15(16(23)22-12-6-7-14(20)13(18)8-12)24-17(21-9)10-2-4-11(19)5-3-10/h2-8H,1H3,(H,22,23). The minimum atomic E-state index is -0.553. The smallest absolute Gasteiger partial charge is 0.267 e. The van der Waals surface area contributed by atoms with E-state index in [1.54, 1.807) is 19.1 Å². The number of nitrogens with zero attached hydrogens (tertiary/aromatic N) is 1. The van der Waals surface area contributed by atoms with Gasteiger partial charge in [-0.25, -0.2) is 13.8 Å². The molecule has 0 saturated carbocycles. The fourth-order valence-corrected chi connectivity index (χ4v) is 3.23. The largest absolute Gasteiger partial charge is 0.321 e. The van der Waals surface area contributed by atoms with E-state index in [9.17, 15) is 13.6 Å². The van der Waals surface area contributed by atoms with Crippen LogP contribution in [0.15, 0.2) is 42.5 Å². The number of halogens is 3.